The highest BCUT2D eigenvalue weighted by Gasteiger charge is 2.78. The van der Waals surface area contributed by atoms with Gasteiger partial charge in [-0.25, -0.2) is 4.79 Å². The van der Waals surface area contributed by atoms with E-state index in [0.717, 1.165) is 18.4 Å². The molecule has 5 rings (SSSR count). The number of fused-ring (bicyclic) bond motifs is 4. The van der Waals surface area contributed by atoms with Crippen molar-refractivity contribution in [2.75, 3.05) is 0 Å². The lowest BCUT2D eigenvalue weighted by Crippen LogP contribution is -2.65. The summed E-state index contributed by atoms with van der Waals surface area (Å²) in [4.78, 5) is 26.3. The van der Waals surface area contributed by atoms with Gasteiger partial charge < -0.3 is 18.6 Å². The van der Waals surface area contributed by atoms with Crippen molar-refractivity contribution < 1.29 is 28.2 Å². The normalized spacial score (nSPS) is 46.3. The van der Waals surface area contributed by atoms with Gasteiger partial charge in [-0.3, -0.25) is 4.79 Å². The molecule has 168 valence electrons. The third-order valence-electron chi connectivity index (χ3n) is 9.26. The number of allylic oxidation sites excluding steroid dienone is 1. The molecule has 0 bridgehead atoms. The molecule has 3 heterocycles. The van der Waals surface area contributed by atoms with Crippen LogP contribution in [0.25, 0.3) is 0 Å². The largest absolute Gasteiger partial charge is 0.472 e. The zero-order valence-electron chi connectivity index (χ0n) is 19.0. The maximum absolute atomic E-state index is 13.6. The standard InChI is InChI=1S/C25H32O6/c1-6-14(2)21(26)30-20-11-15(3)25(12-17(29-22(25)27)16-9-10-28-13-16)18-7-8-19-24(5,31-19)23(18,20)4/h6,9-10,13,15,17-20H,7-8,11-12H2,1-5H3. The fourth-order valence-electron chi connectivity index (χ4n) is 7.00. The Labute approximate surface area is 183 Å². The summed E-state index contributed by atoms with van der Waals surface area (Å²) in [5.74, 6) is -0.370. The molecule has 0 radical (unpaired) electrons. The molecule has 4 fully saturated rings. The van der Waals surface area contributed by atoms with Gasteiger partial charge >= 0.3 is 11.9 Å². The van der Waals surface area contributed by atoms with Gasteiger partial charge in [0.2, 0.25) is 0 Å². The van der Waals surface area contributed by atoms with Gasteiger partial charge in [-0.2, -0.15) is 0 Å². The fraction of sp³-hybridized carbons (Fsp3) is 0.680. The van der Waals surface area contributed by atoms with Crippen LogP contribution in [0.15, 0.2) is 34.7 Å². The third-order valence-corrected chi connectivity index (χ3v) is 9.26. The van der Waals surface area contributed by atoms with Crippen LogP contribution < -0.4 is 0 Å². The van der Waals surface area contributed by atoms with Gasteiger partial charge in [0.25, 0.3) is 0 Å². The van der Waals surface area contributed by atoms with Gasteiger partial charge in [0, 0.05) is 23.0 Å². The zero-order chi connectivity index (χ0) is 22.2. The second kappa shape index (κ2) is 6.71. The van der Waals surface area contributed by atoms with Gasteiger partial charge in [-0.05, 0) is 57.9 Å². The minimum Gasteiger partial charge on any atom is -0.472 e. The first kappa shape index (κ1) is 20.8. The molecule has 8 atom stereocenters. The summed E-state index contributed by atoms with van der Waals surface area (Å²) < 4.78 is 23.6. The minimum absolute atomic E-state index is 0.0145. The molecule has 2 aliphatic carbocycles. The Bertz CT molecular complexity index is 934. The van der Waals surface area contributed by atoms with Crippen molar-refractivity contribution >= 4 is 11.9 Å². The van der Waals surface area contributed by atoms with Gasteiger partial charge in [0.1, 0.15) is 17.8 Å². The zero-order valence-corrected chi connectivity index (χ0v) is 19.0. The molecule has 4 aliphatic rings. The minimum atomic E-state index is -0.616. The average molecular weight is 429 g/mol. The number of carbonyl (C=O) groups is 2. The van der Waals surface area contributed by atoms with E-state index in [1.54, 1.807) is 25.5 Å². The van der Waals surface area contributed by atoms with Gasteiger partial charge in [-0.1, -0.05) is 19.9 Å². The molecule has 8 unspecified atom stereocenters. The molecule has 2 saturated carbocycles. The second-order valence-corrected chi connectivity index (χ2v) is 10.3. The summed E-state index contributed by atoms with van der Waals surface area (Å²) in [6.45, 7) is 10.0. The molecule has 6 heteroatoms. The quantitative estimate of drug-likeness (QED) is 0.393. The first-order valence-electron chi connectivity index (χ1n) is 11.4. The SMILES string of the molecule is CC=C(C)C(=O)OC1CC(C)C2(CC(c3ccoc3)OC2=O)C2CCC3OC3(C)C12C. The Hall–Kier alpha value is -2.08. The van der Waals surface area contributed by atoms with Gasteiger partial charge in [0.15, 0.2) is 0 Å². The summed E-state index contributed by atoms with van der Waals surface area (Å²) in [5, 5.41) is 0. The Morgan fingerprint density at radius 2 is 2.06 bits per heavy atom. The summed E-state index contributed by atoms with van der Waals surface area (Å²) in [6, 6.07) is 1.87. The van der Waals surface area contributed by atoms with E-state index in [2.05, 4.69) is 20.8 Å². The lowest BCUT2D eigenvalue weighted by Gasteiger charge is -2.59. The maximum Gasteiger partial charge on any atom is 0.333 e. The lowest BCUT2D eigenvalue weighted by atomic mass is 9.43. The van der Waals surface area contributed by atoms with Crippen molar-refractivity contribution in [3.8, 4) is 0 Å². The van der Waals surface area contributed by atoms with Crippen molar-refractivity contribution in [3.63, 3.8) is 0 Å². The lowest BCUT2D eigenvalue weighted by molar-refractivity contribution is -0.201. The molecule has 0 N–H and O–H groups in total. The molecular formula is C25H32O6. The first-order chi connectivity index (χ1) is 14.7. The fourth-order valence-corrected chi connectivity index (χ4v) is 7.00. The molecule has 1 aromatic rings. The van der Waals surface area contributed by atoms with Crippen LogP contribution in [0.5, 0.6) is 0 Å². The number of carbonyl (C=O) groups excluding carboxylic acids is 2. The van der Waals surface area contributed by atoms with Gasteiger partial charge in [-0.15, -0.1) is 0 Å². The van der Waals surface area contributed by atoms with Crippen molar-refractivity contribution in [1.29, 1.82) is 0 Å². The van der Waals surface area contributed by atoms with Crippen LogP contribution in [0.1, 0.15) is 72.0 Å². The number of hydrogen-bond donors (Lipinski definition) is 0. The molecule has 1 aromatic heterocycles. The Kier molecular flexibility index (Phi) is 4.50. The average Bonchev–Trinajstić information content (AvgIpc) is 3.09. The maximum atomic E-state index is 13.6. The summed E-state index contributed by atoms with van der Waals surface area (Å²) >= 11 is 0. The number of hydrogen-bond acceptors (Lipinski definition) is 6. The molecule has 6 nitrogen and oxygen atoms in total. The van der Waals surface area contributed by atoms with E-state index in [0.29, 0.717) is 18.4 Å². The molecular weight excluding hydrogens is 396 g/mol. The third kappa shape index (κ3) is 2.60. The predicted molar refractivity (Wildman–Crippen MR) is 112 cm³/mol. The predicted octanol–water partition coefficient (Wildman–Crippen LogP) is 4.75. The van der Waals surface area contributed by atoms with Gasteiger partial charge in [0.05, 0.1) is 24.0 Å². The van der Waals surface area contributed by atoms with Crippen molar-refractivity contribution in [1.82, 2.24) is 0 Å². The first-order valence-corrected chi connectivity index (χ1v) is 11.4. The Morgan fingerprint density at radius 3 is 2.74 bits per heavy atom. The topological polar surface area (TPSA) is 78.3 Å². The van der Waals surface area contributed by atoms with E-state index in [4.69, 9.17) is 18.6 Å². The van der Waals surface area contributed by atoms with E-state index in [9.17, 15) is 9.59 Å². The second-order valence-electron chi connectivity index (χ2n) is 10.3. The highest BCUT2D eigenvalue weighted by atomic mass is 16.6. The number of cyclic esters (lactones) is 1. The van der Waals surface area contributed by atoms with Crippen LogP contribution in [0.3, 0.4) is 0 Å². The van der Waals surface area contributed by atoms with Crippen LogP contribution in [0.4, 0.5) is 0 Å². The number of ether oxygens (including phenoxy) is 3. The molecule has 0 amide bonds. The van der Waals surface area contributed by atoms with Crippen LogP contribution in [0, 0.1) is 22.7 Å². The van der Waals surface area contributed by atoms with Crippen LogP contribution >= 0.6 is 0 Å². The van der Waals surface area contributed by atoms with Crippen LogP contribution in [0.2, 0.25) is 0 Å². The van der Waals surface area contributed by atoms with E-state index in [1.165, 1.54) is 0 Å². The Morgan fingerprint density at radius 1 is 1.29 bits per heavy atom. The molecule has 0 aromatic carbocycles. The number of rotatable bonds is 3. The number of epoxide rings is 1. The van der Waals surface area contributed by atoms with Crippen LogP contribution in [-0.2, 0) is 23.8 Å². The van der Waals surface area contributed by atoms with E-state index in [-0.39, 0.29) is 42.1 Å². The van der Waals surface area contributed by atoms with Crippen molar-refractivity contribution in [2.24, 2.45) is 22.7 Å². The molecule has 1 spiro atoms. The smallest absolute Gasteiger partial charge is 0.333 e. The molecule has 31 heavy (non-hydrogen) atoms. The Balaban J connectivity index is 1.55. The van der Waals surface area contributed by atoms with E-state index < -0.39 is 16.4 Å². The molecule has 2 saturated heterocycles. The van der Waals surface area contributed by atoms with E-state index >= 15 is 0 Å². The highest BCUT2D eigenvalue weighted by Crippen LogP contribution is 2.72. The number of furan rings is 1. The van der Waals surface area contributed by atoms with Crippen LogP contribution in [-0.4, -0.2) is 29.7 Å². The summed E-state index contributed by atoms with van der Waals surface area (Å²) in [6.07, 6.45) is 7.64. The van der Waals surface area contributed by atoms with E-state index in [1.807, 2.05) is 13.0 Å². The summed E-state index contributed by atoms with van der Waals surface area (Å²) in [5.41, 5.74) is 0.0267. The monoisotopic (exact) mass is 428 g/mol. The summed E-state index contributed by atoms with van der Waals surface area (Å²) in [7, 11) is 0. The molecule has 2 aliphatic heterocycles. The van der Waals surface area contributed by atoms with Crippen molar-refractivity contribution in [2.45, 2.75) is 84.2 Å². The highest BCUT2D eigenvalue weighted by molar-refractivity contribution is 5.88. The van der Waals surface area contributed by atoms with Crippen molar-refractivity contribution in [3.05, 3.63) is 35.8 Å². The number of esters is 2.